The Hall–Kier alpha value is 1.27. The maximum absolute atomic E-state index is 8.96. The summed E-state index contributed by atoms with van der Waals surface area (Å²) in [5.41, 5.74) is 0. The molecule has 0 atom stereocenters. The summed E-state index contributed by atoms with van der Waals surface area (Å²) in [5, 5.41) is 0. The van der Waals surface area contributed by atoms with Crippen LogP contribution in [0.4, 0.5) is 0 Å². The molecule has 7 heteroatoms. The Kier molecular flexibility index (Phi) is 3.58. The predicted octanol–water partition coefficient (Wildman–Crippen LogP) is -3.85. The molecule has 0 radical (unpaired) electrons. The van der Waals surface area contributed by atoms with Crippen LogP contribution < -0.4 is 33.5 Å². The van der Waals surface area contributed by atoms with E-state index in [1.54, 1.807) is 0 Å². The van der Waals surface area contributed by atoms with Gasteiger partial charge >= 0.3 is 66.7 Å². The number of hydrogen-bond donors (Lipinski definition) is 0. The molecule has 0 unspecified atom stereocenters. The van der Waals surface area contributed by atoms with E-state index in [1.807, 2.05) is 0 Å². The molecule has 0 aliphatic heterocycles. The Balaban J connectivity index is 0. The first-order valence-electron chi connectivity index (χ1n) is 0.711. The summed E-state index contributed by atoms with van der Waals surface area (Å²) in [6.45, 7) is 0. The zero-order chi connectivity index (χ0) is 5.45. The van der Waals surface area contributed by atoms with Crippen LogP contribution in [0.1, 0.15) is 0 Å². The molecule has 0 aliphatic rings. The fraction of sp³-hybridized carbons (Fsp3) is 0. The van der Waals surface area contributed by atoms with Crippen molar-refractivity contribution in [1.29, 1.82) is 0 Å². The van der Waals surface area contributed by atoms with E-state index in [0.717, 1.165) is 0 Å². The molecule has 0 fully saturated rings. The fourth-order valence-electron chi connectivity index (χ4n) is 0. The monoisotopic (exact) mass is 224 g/mol. The molecule has 0 heterocycles. The molecule has 0 aromatic rings. The van der Waals surface area contributed by atoms with Gasteiger partial charge in [-0.2, -0.15) is 0 Å². The first kappa shape index (κ1) is 11.1. The average Bonchev–Trinajstić information content (AvgIpc) is 0.650. The SMILES string of the molecule is [Na+].[O]=[Ru](=[O])(=[O])([O-])[Cl]. The van der Waals surface area contributed by atoms with Crippen molar-refractivity contribution in [1.82, 2.24) is 0 Å². The van der Waals surface area contributed by atoms with Crippen molar-refractivity contribution in [3.05, 3.63) is 0 Å². The molecule has 7 heavy (non-hydrogen) atoms. The summed E-state index contributed by atoms with van der Waals surface area (Å²) in [4.78, 5) is 0. The van der Waals surface area contributed by atoms with Crippen LogP contribution in [-0.2, 0) is 23.5 Å². The van der Waals surface area contributed by atoms with Crippen molar-refractivity contribution >= 4 is 9.69 Å². The molecule has 0 spiro atoms. The van der Waals surface area contributed by atoms with Gasteiger partial charge in [0.25, 0.3) is 0 Å². The summed E-state index contributed by atoms with van der Waals surface area (Å²) in [6, 6.07) is 0. The zero-order valence-corrected chi connectivity index (χ0v) is 7.86. The van der Waals surface area contributed by atoms with Crippen LogP contribution in [0.3, 0.4) is 0 Å². The zero-order valence-electron chi connectivity index (χ0n) is 3.36. The van der Waals surface area contributed by atoms with Gasteiger partial charge in [0, 0.05) is 0 Å². The van der Waals surface area contributed by atoms with Gasteiger partial charge in [-0.3, -0.25) is 0 Å². The van der Waals surface area contributed by atoms with E-state index in [-0.39, 0.29) is 29.6 Å². The molecular formula is ClNaO4Ru. The van der Waals surface area contributed by atoms with Gasteiger partial charge < -0.3 is 0 Å². The number of rotatable bonds is 0. The Morgan fingerprint density at radius 3 is 1.29 bits per heavy atom. The molecule has 0 bridgehead atoms. The summed E-state index contributed by atoms with van der Waals surface area (Å²) < 4.78 is 35.8. The van der Waals surface area contributed by atoms with Crippen molar-refractivity contribution < 1.29 is 57.0 Å². The van der Waals surface area contributed by atoms with E-state index >= 15 is 0 Å². The van der Waals surface area contributed by atoms with E-state index < -0.39 is 12.8 Å². The molecule has 0 rings (SSSR count). The Labute approximate surface area is 66.1 Å². The molecule has 0 aliphatic carbocycles. The molecule has 4 nitrogen and oxygen atoms in total. The molecule has 0 amide bonds. The second kappa shape index (κ2) is 2.25. The predicted molar refractivity (Wildman–Crippen MR) is 7.91 cm³/mol. The van der Waals surface area contributed by atoms with Crippen molar-refractivity contribution in [3.63, 3.8) is 0 Å². The van der Waals surface area contributed by atoms with Gasteiger partial charge in [0.2, 0.25) is 0 Å². The fourth-order valence-corrected chi connectivity index (χ4v) is 0. The molecule has 0 saturated carbocycles. The normalized spacial score (nSPS) is 16.0. The van der Waals surface area contributed by atoms with Gasteiger partial charge in [0.15, 0.2) is 0 Å². The van der Waals surface area contributed by atoms with Gasteiger partial charge in [-0.25, -0.2) is 0 Å². The van der Waals surface area contributed by atoms with Gasteiger partial charge in [0.1, 0.15) is 0 Å². The van der Waals surface area contributed by atoms with Crippen LogP contribution >= 0.6 is 9.69 Å². The molecule has 40 valence electrons. The van der Waals surface area contributed by atoms with E-state index in [1.165, 1.54) is 0 Å². The standard InChI is InChI=1S/ClH.Na.4O.Ru/h1H;;;;;;/q;+1;;;;-1;+1/p-1. The third-order valence-electron chi connectivity index (χ3n) is 0. The van der Waals surface area contributed by atoms with E-state index in [2.05, 4.69) is 9.69 Å². The summed E-state index contributed by atoms with van der Waals surface area (Å²) >= 11 is -7.00. The quantitative estimate of drug-likeness (QED) is 0.394. The first-order valence-corrected chi connectivity index (χ1v) is 5.79. The van der Waals surface area contributed by atoms with Crippen LogP contribution in [0, 0.1) is 0 Å². The van der Waals surface area contributed by atoms with Crippen LogP contribution in [0.25, 0.3) is 0 Å². The van der Waals surface area contributed by atoms with Crippen molar-refractivity contribution in [2.75, 3.05) is 0 Å². The van der Waals surface area contributed by atoms with E-state index in [0.29, 0.717) is 0 Å². The van der Waals surface area contributed by atoms with Gasteiger partial charge in [-0.15, -0.1) is 0 Å². The third kappa shape index (κ3) is 125. The molecule has 0 aromatic carbocycles. The van der Waals surface area contributed by atoms with E-state index in [9.17, 15) is 0 Å². The Bertz CT molecular complexity index is 190. The minimum absolute atomic E-state index is 0. The molecule has 0 saturated heterocycles. The Morgan fingerprint density at radius 1 is 1.29 bits per heavy atom. The summed E-state index contributed by atoms with van der Waals surface area (Å²) in [5.74, 6) is 0. The van der Waals surface area contributed by atoms with Crippen LogP contribution in [0.5, 0.6) is 0 Å². The van der Waals surface area contributed by atoms with E-state index in [4.69, 9.17) is 14.7 Å². The van der Waals surface area contributed by atoms with Gasteiger partial charge in [0.05, 0.1) is 0 Å². The second-order valence-corrected chi connectivity index (χ2v) is 5.96. The number of halogens is 1. The van der Waals surface area contributed by atoms with Crippen LogP contribution in [-0.4, -0.2) is 0 Å². The minimum atomic E-state index is -7.00. The van der Waals surface area contributed by atoms with Crippen LogP contribution in [0.2, 0.25) is 0 Å². The topological polar surface area (TPSA) is 74.3 Å². The maximum atomic E-state index is 8.96. The number of hydrogen-bond acceptors (Lipinski definition) is 4. The first-order chi connectivity index (χ1) is 2.24. The second-order valence-electron chi connectivity index (χ2n) is 0.572. The van der Waals surface area contributed by atoms with Crippen molar-refractivity contribution in [2.45, 2.75) is 0 Å². The van der Waals surface area contributed by atoms with Gasteiger partial charge in [-0.05, 0) is 0 Å². The summed E-state index contributed by atoms with van der Waals surface area (Å²) in [6.07, 6.45) is 0. The summed E-state index contributed by atoms with van der Waals surface area (Å²) in [7, 11) is 3.74. The molecule has 0 N–H and O–H groups in total. The molecule has 0 aromatic heterocycles. The van der Waals surface area contributed by atoms with Crippen molar-refractivity contribution in [3.8, 4) is 0 Å². The van der Waals surface area contributed by atoms with Crippen LogP contribution in [0.15, 0.2) is 0 Å². The third-order valence-corrected chi connectivity index (χ3v) is 0. The average molecular weight is 224 g/mol. The molecular weight excluding hydrogens is 224 g/mol. The Morgan fingerprint density at radius 2 is 1.29 bits per heavy atom. The van der Waals surface area contributed by atoms with Crippen molar-refractivity contribution in [2.24, 2.45) is 0 Å². The van der Waals surface area contributed by atoms with Gasteiger partial charge in [-0.1, -0.05) is 0 Å².